The molecule has 4 fully saturated rings. The number of phenolic OH excluding ortho intramolecular Hbond substituents is 1. The number of hydrogen-bond acceptors (Lipinski definition) is 8. The van der Waals surface area contributed by atoms with Crippen molar-refractivity contribution >= 4 is 37.7 Å². The van der Waals surface area contributed by atoms with Gasteiger partial charge in [0.05, 0.1) is 22.2 Å². The molecule has 3 atom stereocenters. The largest absolute Gasteiger partial charge is 0.508 e. The number of nitrogens with one attached hydrogen (secondary N) is 2. The lowest BCUT2D eigenvalue weighted by molar-refractivity contribution is 0.107. The van der Waals surface area contributed by atoms with Crippen LogP contribution in [-0.4, -0.2) is 85.0 Å². The molecule has 0 amide bonds. The van der Waals surface area contributed by atoms with Crippen LogP contribution in [-0.2, 0) is 10.2 Å². The maximum atomic E-state index is 16.9. The molecule has 5 heterocycles. The highest BCUT2D eigenvalue weighted by Crippen LogP contribution is 2.43. The summed E-state index contributed by atoms with van der Waals surface area (Å²) in [5, 5.41) is 10.8. The Kier molecular flexibility index (Phi) is 7.45. The molecule has 4 aromatic rings. The summed E-state index contributed by atoms with van der Waals surface area (Å²) in [6.45, 7) is 1.71. The monoisotopic (exact) mass is 696 g/mol. The maximum Gasteiger partial charge on any atom is 0.319 e. The Morgan fingerprint density at radius 3 is 2.69 bits per heavy atom. The maximum absolute atomic E-state index is 16.9. The summed E-state index contributed by atoms with van der Waals surface area (Å²) in [5.41, 5.74) is -2.76. The Hall–Kier alpha value is -4.23. The van der Waals surface area contributed by atoms with E-state index in [-0.39, 0.29) is 76.5 Å². The molecule has 0 bridgehead atoms. The van der Waals surface area contributed by atoms with Crippen molar-refractivity contribution in [2.75, 3.05) is 44.2 Å². The molecular weight excluding hydrogens is 664 g/mol. The molecule has 4 aliphatic heterocycles. The normalized spacial score (nSPS) is 26.5. The van der Waals surface area contributed by atoms with Crippen LogP contribution in [0.3, 0.4) is 0 Å². The number of fused-ring (bicyclic) bond motifs is 3. The lowest BCUT2D eigenvalue weighted by Gasteiger charge is -2.40. The number of piperidine rings is 1. The number of hydrogen-bond donors (Lipinski definition) is 3. The van der Waals surface area contributed by atoms with Gasteiger partial charge >= 0.3 is 6.01 Å². The van der Waals surface area contributed by atoms with Gasteiger partial charge in [0.1, 0.15) is 41.5 Å². The third-order valence-electron chi connectivity index (χ3n) is 10.4. The Morgan fingerprint density at radius 1 is 1.10 bits per heavy atom. The Labute approximate surface area is 279 Å². The number of terminal acetylenes is 1. The Morgan fingerprint density at radius 2 is 1.92 bits per heavy atom. The molecule has 1 aromatic heterocycles. The van der Waals surface area contributed by atoms with Gasteiger partial charge in [0.2, 0.25) is 0 Å². The van der Waals surface area contributed by atoms with Crippen molar-refractivity contribution in [1.29, 1.82) is 0 Å². The number of phenols is 1. The van der Waals surface area contributed by atoms with Crippen molar-refractivity contribution < 1.29 is 35.8 Å². The summed E-state index contributed by atoms with van der Waals surface area (Å²) in [7, 11) is -3.72. The average Bonchev–Trinajstić information content (AvgIpc) is 3.68. The Bertz CT molecular complexity index is 2200. The number of halogens is 4. The number of anilines is 1. The molecule has 0 aliphatic carbocycles. The first-order valence-corrected chi connectivity index (χ1v) is 17.6. The lowest BCUT2D eigenvalue weighted by atomic mass is 9.90. The summed E-state index contributed by atoms with van der Waals surface area (Å²) in [6.07, 6.45) is 7.54. The van der Waals surface area contributed by atoms with Crippen LogP contribution in [0.4, 0.5) is 23.4 Å². The van der Waals surface area contributed by atoms with Gasteiger partial charge in [-0.05, 0) is 61.9 Å². The number of benzene rings is 3. The molecule has 256 valence electrons. The molecule has 0 radical (unpaired) electrons. The van der Waals surface area contributed by atoms with Crippen LogP contribution in [0.1, 0.15) is 37.7 Å². The zero-order valence-corrected chi connectivity index (χ0v) is 27.0. The van der Waals surface area contributed by atoms with Crippen molar-refractivity contribution in [1.82, 2.24) is 24.3 Å². The van der Waals surface area contributed by atoms with E-state index in [0.717, 1.165) is 31.2 Å². The molecule has 3 aromatic carbocycles. The fourth-order valence-corrected chi connectivity index (χ4v) is 9.60. The summed E-state index contributed by atoms with van der Waals surface area (Å²) < 4.78 is 98.6. The van der Waals surface area contributed by atoms with E-state index in [0.29, 0.717) is 32.4 Å². The summed E-state index contributed by atoms with van der Waals surface area (Å²) in [4.78, 5) is 12.8. The minimum Gasteiger partial charge on any atom is -0.508 e. The van der Waals surface area contributed by atoms with Gasteiger partial charge in [0.15, 0.2) is 5.82 Å². The van der Waals surface area contributed by atoms with Crippen LogP contribution in [0.25, 0.3) is 32.8 Å². The number of aromatic hydroxyl groups is 1. The smallest absolute Gasteiger partial charge is 0.319 e. The van der Waals surface area contributed by atoms with Crippen LogP contribution >= 0.6 is 0 Å². The van der Waals surface area contributed by atoms with Crippen molar-refractivity contribution in [2.24, 2.45) is 0 Å². The van der Waals surface area contributed by atoms with E-state index in [1.807, 2.05) is 0 Å². The highest BCUT2D eigenvalue weighted by molar-refractivity contribution is 7.87. The van der Waals surface area contributed by atoms with E-state index >= 15 is 8.78 Å². The van der Waals surface area contributed by atoms with Gasteiger partial charge in [0.25, 0.3) is 10.2 Å². The number of aromatic nitrogens is 2. The van der Waals surface area contributed by atoms with Gasteiger partial charge in [0, 0.05) is 48.9 Å². The molecule has 49 heavy (non-hydrogen) atoms. The highest BCUT2D eigenvalue weighted by atomic mass is 32.2. The molecule has 4 aliphatic rings. The second-order valence-electron chi connectivity index (χ2n) is 13.5. The molecule has 10 nitrogen and oxygen atoms in total. The first-order valence-electron chi connectivity index (χ1n) is 16.1. The third-order valence-corrected chi connectivity index (χ3v) is 11.6. The minimum absolute atomic E-state index is 0.00452. The van der Waals surface area contributed by atoms with Crippen LogP contribution in [0.2, 0.25) is 0 Å². The Balaban J connectivity index is 1.30. The van der Waals surface area contributed by atoms with E-state index in [1.54, 1.807) is 4.90 Å². The third kappa shape index (κ3) is 5.32. The second-order valence-corrected chi connectivity index (χ2v) is 15.0. The molecule has 1 spiro atoms. The predicted molar refractivity (Wildman–Crippen MR) is 175 cm³/mol. The summed E-state index contributed by atoms with van der Waals surface area (Å²) >= 11 is 0. The van der Waals surface area contributed by atoms with E-state index < -0.39 is 50.5 Å². The van der Waals surface area contributed by atoms with Crippen molar-refractivity contribution in [2.45, 2.75) is 49.4 Å². The molecule has 8 rings (SSSR count). The van der Waals surface area contributed by atoms with E-state index in [9.17, 15) is 22.3 Å². The van der Waals surface area contributed by atoms with Gasteiger partial charge in [-0.15, -0.1) is 6.42 Å². The summed E-state index contributed by atoms with van der Waals surface area (Å²) in [6, 6.07) is 5.75. The van der Waals surface area contributed by atoms with Crippen LogP contribution in [0.15, 0.2) is 30.3 Å². The van der Waals surface area contributed by atoms with E-state index in [2.05, 4.69) is 30.2 Å². The quantitative estimate of drug-likeness (QED) is 0.209. The second kappa shape index (κ2) is 11.4. The van der Waals surface area contributed by atoms with Crippen molar-refractivity contribution in [3.63, 3.8) is 0 Å². The SMILES string of the molecule is C#Cc1c(F)ccc2cc(O)cc(-c3c(F)cc4c(N5CCCC6(CNS(=O)(=O)N6)C5)nc(OC[C@@]56CCCN5C[C@H](F)C6)nc4c3F)c12. The fourth-order valence-electron chi connectivity index (χ4n) is 8.25. The molecule has 3 N–H and O–H groups in total. The number of rotatable bonds is 5. The standard InChI is InChI=1S/C34H32F4N6O4S/c1-2-22-25(36)6-5-19-11-21(45)12-23(27(19)22)28-26(37)13-24-30(29(28)38)40-32(48-18-34-8-4-10-44(34)15-20(35)14-34)41-31(24)43-9-3-7-33(17-43)16-39-49(46,47)42-33/h1,5-6,11-13,20,39,42,45H,3-4,7-10,14-18H2/t20-,33?,34+/m1/s1. The van der Waals surface area contributed by atoms with Crippen LogP contribution in [0.5, 0.6) is 11.8 Å². The number of ether oxygens (including phenoxy) is 1. The van der Waals surface area contributed by atoms with Crippen LogP contribution < -0.4 is 19.1 Å². The lowest BCUT2D eigenvalue weighted by Crippen LogP contribution is -2.56. The van der Waals surface area contributed by atoms with Crippen molar-refractivity contribution in [3.05, 3.63) is 53.3 Å². The average molecular weight is 697 g/mol. The van der Waals surface area contributed by atoms with Gasteiger partial charge in [-0.3, -0.25) is 4.90 Å². The molecule has 0 saturated carbocycles. The van der Waals surface area contributed by atoms with Gasteiger partial charge < -0.3 is 14.7 Å². The fraction of sp³-hybridized carbons (Fsp3) is 0.412. The van der Waals surface area contributed by atoms with Gasteiger partial charge in [-0.25, -0.2) is 22.3 Å². The predicted octanol–water partition coefficient (Wildman–Crippen LogP) is 4.29. The zero-order chi connectivity index (χ0) is 34.3. The van der Waals surface area contributed by atoms with Crippen LogP contribution in [0, 0.1) is 29.8 Å². The van der Waals surface area contributed by atoms with Crippen molar-refractivity contribution in [3.8, 4) is 35.2 Å². The molecular formula is C34H32F4N6O4S. The van der Waals surface area contributed by atoms with E-state index in [4.69, 9.17) is 11.2 Å². The molecule has 15 heteroatoms. The first-order chi connectivity index (χ1) is 23.4. The topological polar surface area (TPSA) is 120 Å². The molecule has 4 saturated heterocycles. The van der Waals surface area contributed by atoms with E-state index in [1.165, 1.54) is 12.1 Å². The summed E-state index contributed by atoms with van der Waals surface area (Å²) in [5.74, 6) is -0.876. The zero-order valence-electron chi connectivity index (χ0n) is 26.2. The first kappa shape index (κ1) is 32.0. The highest BCUT2D eigenvalue weighted by Gasteiger charge is 2.50. The van der Waals surface area contributed by atoms with Gasteiger partial charge in [-0.2, -0.15) is 23.1 Å². The number of alkyl halides is 1. The number of nitrogens with zero attached hydrogens (tertiary/aromatic N) is 4. The minimum atomic E-state index is -3.72. The van der Waals surface area contributed by atoms with Gasteiger partial charge in [-0.1, -0.05) is 12.0 Å². The molecule has 1 unspecified atom stereocenters.